The number of benzene rings is 1. The van der Waals surface area contributed by atoms with Gasteiger partial charge in [-0.15, -0.1) is 11.3 Å². The minimum absolute atomic E-state index is 0.207. The van der Waals surface area contributed by atoms with E-state index in [0.29, 0.717) is 12.8 Å². The van der Waals surface area contributed by atoms with Crippen molar-refractivity contribution >= 4 is 29.2 Å². The minimum atomic E-state index is -0.834. The van der Waals surface area contributed by atoms with Gasteiger partial charge in [-0.05, 0) is 23.4 Å². The third-order valence-corrected chi connectivity index (χ3v) is 4.56. The number of rotatable bonds is 9. The zero-order chi connectivity index (χ0) is 18.8. The van der Waals surface area contributed by atoms with E-state index in [2.05, 4.69) is 5.32 Å². The molecule has 1 amide bonds. The summed E-state index contributed by atoms with van der Waals surface area (Å²) in [7, 11) is 1.26. The molecule has 0 saturated carbocycles. The van der Waals surface area contributed by atoms with Crippen molar-refractivity contribution in [3.8, 4) is 0 Å². The number of hydrogen-bond acceptors (Lipinski definition) is 6. The summed E-state index contributed by atoms with van der Waals surface area (Å²) in [4.78, 5) is 36.7. The third-order valence-electron chi connectivity index (χ3n) is 3.62. The average Bonchev–Trinajstić information content (AvgIpc) is 3.18. The molecule has 1 atom stereocenters. The van der Waals surface area contributed by atoms with E-state index < -0.39 is 30.5 Å². The smallest absolute Gasteiger partial charge is 0.328 e. The van der Waals surface area contributed by atoms with E-state index >= 15 is 0 Å². The lowest BCUT2D eigenvalue weighted by Gasteiger charge is -2.16. The van der Waals surface area contributed by atoms with Crippen molar-refractivity contribution in [3.63, 3.8) is 0 Å². The highest BCUT2D eigenvalue weighted by molar-refractivity contribution is 7.09. The molecule has 0 spiro atoms. The molecule has 7 heteroatoms. The molecule has 0 saturated heterocycles. The monoisotopic (exact) mass is 375 g/mol. The van der Waals surface area contributed by atoms with Crippen LogP contribution in [0.3, 0.4) is 0 Å². The lowest BCUT2D eigenvalue weighted by Crippen LogP contribution is -2.44. The van der Waals surface area contributed by atoms with Crippen LogP contribution in [0.15, 0.2) is 47.8 Å². The van der Waals surface area contributed by atoms with Gasteiger partial charge in [0.15, 0.2) is 6.61 Å². The molecule has 0 radical (unpaired) electrons. The average molecular weight is 375 g/mol. The van der Waals surface area contributed by atoms with Gasteiger partial charge in [0.05, 0.1) is 13.5 Å². The fraction of sp³-hybridized carbons (Fsp3) is 0.316. The molecule has 2 aromatic rings. The minimum Gasteiger partial charge on any atom is -0.467 e. The Kier molecular flexibility index (Phi) is 7.82. The molecule has 1 aromatic heterocycles. The number of methoxy groups -OCH3 is 1. The lowest BCUT2D eigenvalue weighted by molar-refractivity contribution is -0.150. The highest BCUT2D eigenvalue weighted by Gasteiger charge is 2.22. The molecule has 1 aromatic carbocycles. The van der Waals surface area contributed by atoms with Gasteiger partial charge in [-0.1, -0.05) is 36.4 Å². The summed E-state index contributed by atoms with van der Waals surface area (Å²) in [5.74, 6) is -1.54. The number of esters is 2. The Labute approximate surface area is 156 Å². The van der Waals surface area contributed by atoms with E-state index in [-0.39, 0.29) is 6.42 Å². The van der Waals surface area contributed by atoms with Gasteiger partial charge in [-0.2, -0.15) is 0 Å². The molecule has 0 aliphatic carbocycles. The van der Waals surface area contributed by atoms with Gasteiger partial charge in [-0.25, -0.2) is 4.79 Å². The first-order valence-corrected chi connectivity index (χ1v) is 9.05. The van der Waals surface area contributed by atoms with E-state index in [1.54, 1.807) is 11.3 Å². The van der Waals surface area contributed by atoms with Crippen LogP contribution in [0.5, 0.6) is 0 Å². The van der Waals surface area contributed by atoms with E-state index in [0.717, 1.165) is 10.4 Å². The van der Waals surface area contributed by atoms with Crippen LogP contribution in [0.2, 0.25) is 0 Å². The fourth-order valence-electron chi connectivity index (χ4n) is 2.32. The van der Waals surface area contributed by atoms with Gasteiger partial charge in [0.1, 0.15) is 6.04 Å². The second-order valence-electron chi connectivity index (χ2n) is 5.57. The first kappa shape index (κ1) is 19.7. The van der Waals surface area contributed by atoms with Crippen LogP contribution in [0.25, 0.3) is 0 Å². The topological polar surface area (TPSA) is 81.7 Å². The van der Waals surface area contributed by atoms with E-state index in [9.17, 15) is 14.4 Å². The normalized spacial score (nSPS) is 11.4. The Bertz CT molecular complexity index is 715. The molecule has 2 rings (SSSR count). The Balaban J connectivity index is 1.78. The van der Waals surface area contributed by atoms with Crippen LogP contribution in [0.1, 0.15) is 16.9 Å². The van der Waals surface area contributed by atoms with Crippen molar-refractivity contribution in [1.29, 1.82) is 0 Å². The number of carbonyl (C=O) groups is 3. The maximum Gasteiger partial charge on any atom is 0.328 e. The van der Waals surface area contributed by atoms with Gasteiger partial charge in [-0.3, -0.25) is 9.59 Å². The van der Waals surface area contributed by atoms with Crippen molar-refractivity contribution in [2.24, 2.45) is 0 Å². The van der Waals surface area contributed by atoms with Gasteiger partial charge < -0.3 is 14.8 Å². The fourth-order valence-corrected chi connectivity index (χ4v) is 3.03. The standard InChI is InChI=1S/C19H21NO5S/c1-24-19(23)16(12-14-6-3-2-4-7-14)20-17(21)13-25-18(22)10-9-15-8-5-11-26-15/h2-8,11,16H,9-10,12-13H2,1H3,(H,20,21). The Morgan fingerprint density at radius 1 is 1.12 bits per heavy atom. The summed E-state index contributed by atoms with van der Waals surface area (Å²) in [5, 5.41) is 4.49. The number of nitrogens with one attached hydrogen (secondary N) is 1. The number of carbonyl (C=O) groups excluding carboxylic acids is 3. The van der Waals surface area contributed by atoms with Crippen molar-refractivity contribution < 1.29 is 23.9 Å². The predicted octanol–water partition coefficient (Wildman–Crippen LogP) is 2.12. The van der Waals surface area contributed by atoms with E-state index in [1.807, 2.05) is 47.8 Å². The van der Waals surface area contributed by atoms with Crippen LogP contribution >= 0.6 is 11.3 Å². The molecular weight excluding hydrogens is 354 g/mol. The van der Waals surface area contributed by atoms with Crippen LogP contribution < -0.4 is 5.32 Å². The van der Waals surface area contributed by atoms with E-state index in [1.165, 1.54) is 7.11 Å². The number of amides is 1. The van der Waals surface area contributed by atoms with Gasteiger partial charge in [0.2, 0.25) is 0 Å². The largest absolute Gasteiger partial charge is 0.467 e. The molecule has 1 heterocycles. The lowest BCUT2D eigenvalue weighted by atomic mass is 10.1. The third kappa shape index (κ3) is 6.68. The Hall–Kier alpha value is -2.67. The second kappa shape index (κ2) is 10.4. The Morgan fingerprint density at radius 3 is 2.54 bits per heavy atom. The molecular formula is C19H21NO5S. The molecule has 0 aliphatic rings. The quantitative estimate of drug-likeness (QED) is 0.679. The van der Waals surface area contributed by atoms with Gasteiger partial charge in [0.25, 0.3) is 5.91 Å². The van der Waals surface area contributed by atoms with Crippen molar-refractivity contribution in [1.82, 2.24) is 5.32 Å². The maximum absolute atomic E-state index is 12.0. The first-order valence-electron chi connectivity index (χ1n) is 8.17. The maximum atomic E-state index is 12.0. The Morgan fingerprint density at radius 2 is 1.88 bits per heavy atom. The zero-order valence-corrected chi connectivity index (χ0v) is 15.3. The molecule has 1 unspecified atom stereocenters. The van der Waals surface area contributed by atoms with Crippen LogP contribution in [0.4, 0.5) is 0 Å². The van der Waals surface area contributed by atoms with Gasteiger partial charge >= 0.3 is 11.9 Å². The van der Waals surface area contributed by atoms with Crippen LogP contribution in [-0.2, 0) is 36.7 Å². The number of ether oxygens (including phenoxy) is 2. The molecule has 26 heavy (non-hydrogen) atoms. The number of aryl methyl sites for hydroxylation is 1. The second-order valence-corrected chi connectivity index (χ2v) is 6.61. The van der Waals surface area contributed by atoms with Crippen molar-refractivity contribution in [3.05, 3.63) is 58.3 Å². The number of hydrogen-bond donors (Lipinski definition) is 1. The van der Waals surface area contributed by atoms with Crippen LogP contribution in [0, 0.1) is 0 Å². The van der Waals surface area contributed by atoms with Crippen LogP contribution in [-0.4, -0.2) is 37.6 Å². The summed E-state index contributed by atoms with van der Waals surface area (Å²) in [6.45, 7) is -0.425. The molecule has 0 fully saturated rings. The highest BCUT2D eigenvalue weighted by Crippen LogP contribution is 2.11. The predicted molar refractivity (Wildman–Crippen MR) is 97.7 cm³/mol. The molecule has 0 aliphatic heterocycles. The van der Waals surface area contributed by atoms with Crippen molar-refractivity contribution in [2.75, 3.05) is 13.7 Å². The molecule has 0 bridgehead atoms. The van der Waals surface area contributed by atoms with E-state index in [4.69, 9.17) is 9.47 Å². The zero-order valence-electron chi connectivity index (χ0n) is 14.5. The number of thiophene rings is 1. The molecule has 6 nitrogen and oxygen atoms in total. The summed E-state index contributed by atoms with van der Waals surface area (Å²) < 4.78 is 9.70. The molecule has 138 valence electrons. The summed E-state index contributed by atoms with van der Waals surface area (Å²) in [5.41, 5.74) is 0.885. The summed E-state index contributed by atoms with van der Waals surface area (Å²) >= 11 is 1.57. The molecule has 1 N–H and O–H groups in total. The summed E-state index contributed by atoms with van der Waals surface area (Å²) in [6, 6.07) is 12.3. The van der Waals surface area contributed by atoms with Gasteiger partial charge in [0, 0.05) is 11.3 Å². The highest BCUT2D eigenvalue weighted by atomic mass is 32.1. The summed E-state index contributed by atoms with van der Waals surface area (Å²) in [6.07, 6.45) is 1.08. The SMILES string of the molecule is COC(=O)C(Cc1ccccc1)NC(=O)COC(=O)CCc1cccs1. The first-order chi connectivity index (χ1) is 12.6. The van der Waals surface area contributed by atoms with Crippen molar-refractivity contribution in [2.45, 2.75) is 25.3 Å².